The Kier molecular flexibility index (Phi) is 5.06. The van der Waals surface area contributed by atoms with Crippen LogP contribution in [0.2, 0.25) is 5.02 Å². The molecule has 0 saturated carbocycles. The van der Waals surface area contributed by atoms with Gasteiger partial charge >= 0.3 is 0 Å². The number of non-ortho nitro benzene ring substituents is 1. The number of halogens is 1. The molecule has 0 heterocycles. The topological polar surface area (TPSA) is 81.5 Å². The molecule has 0 saturated heterocycles. The van der Waals surface area contributed by atoms with Gasteiger partial charge in [0.1, 0.15) is 0 Å². The third-order valence-electron chi connectivity index (χ3n) is 2.36. The molecule has 6 nitrogen and oxygen atoms in total. The molecule has 1 amide bonds. The number of nitrogens with zero attached hydrogens (tertiary/aromatic N) is 1. The van der Waals surface area contributed by atoms with Gasteiger partial charge in [0.25, 0.3) is 11.6 Å². The first-order valence-electron chi connectivity index (χ1n) is 5.20. The molecular weight excluding hydrogens is 260 g/mol. The van der Waals surface area contributed by atoms with Crippen LogP contribution in [0.15, 0.2) is 18.2 Å². The molecule has 0 aliphatic rings. The van der Waals surface area contributed by atoms with E-state index < -0.39 is 10.8 Å². The van der Waals surface area contributed by atoms with Crippen LogP contribution in [-0.4, -0.2) is 30.6 Å². The summed E-state index contributed by atoms with van der Waals surface area (Å²) < 4.78 is 4.97. The van der Waals surface area contributed by atoms with Crippen molar-refractivity contribution < 1.29 is 14.5 Å². The highest BCUT2D eigenvalue weighted by Gasteiger charge is 2.16. The Hall–Kier alpha value is -1.66. The van der Waals surface area contributed by atoms with Gasteiger partial charge in [-0.15, -0.1) is 0 Å². The summed E-state index contributed by atoms with van der Waals surface area (Å²) in [5.41, 5.74) is -0.0986. The molecule has 98 valence electrons. The van der Waals surface area contributed by atoms with Crippen molar-refractivity contribution in [3.63, 3.8) is 0 Å². The SMILES string of the molecule is COC(C)CNC(=O)c1cc([N+](=O)[O-])ccc1Cl. The van der Waals surface area contributed by atoms with Crippen LogP contribution in [0, 0.1) is 10.1 Å². The van der Waals surface area contributed by atoms with Crippen LogP contribution < -0.4 is 5.32 Å². The fourth-order valence-electron chi connectivity index (χ4n) is 1.22. The fraction of sp³-hybridized carbons (Fsp3) is 0.364. The minimum absolute atomic E-state index is 0.0779. The number of methoxy groups -OCH3 is 1. The molecule has 1 N–H and O–H groups in total. The predicted octanol–water partition coefficient (Wildman–Crippen LogP) is 2.01. The van der Waals surface area contributed by atoms with Gasteiger partial charge in [0.2, 0.25) is 0 Å². The number of hydrogen-bond acceptors (Lipinski definition) is 4. The third-order valence-corrected chi connectivity index (χ3v) is 2.69. The molecule has 1 aromatic rings. The van der Waals surface area contributed by atoms with E-state index in [4.69, 9.17) is 16.3 Å². The summed E-state index contributed by atoms with van der Waals surface area (Å²) in [6, 6.07) is 3.72. The normalized spacial score (nSPS) is 11.9. The molecule has 7 heteroatoms. The number of carbonyl (C=O) groups is 1. The molecule has 1 aromatic carbocycles. The summed E-state index contributed by atoms with van der Waals surface area (Å²) in [6.07, 6.45) is -0.147. The van der Waals surface area contributed by atoms with Crippen molar-refractivity contribution in [1.29, 1.82) is 0 Å². The van der Waals surface area contributed by atoms with E-state index in [1.165, 1.54) is 19.2 Å². The Balaban J connectivity index is 2.84. The van der Waals surface area contributed by atoms with Gasteiger partial charge in [0.05, 0.1) is 21.6 Å². The van der Waals surface area contributed by atoms with E-state index in [-0.39, 0.29) is 22.4 Å². The first-order chi connectivity index (χ1) is 8.45. The molecule has 1 atom stereocenters. The maximum Gasteiger partial charge on any atom is 0.270 e. The minimum atomic E-state index is -0.578. The molecule has 0 aliphatic heterocycles. The van der Waals surface area contributed by atoms with Crippen molar-refractivity contribution in [3.05, 3.63) is 38.9 Å². The molecule has 0 aromatic heterocycles. The van der Waals surface area contributed by atoms with Crippen molar-refractivity contribution in [2.75, 3.05) is 13.7 Å². The molecule has 1 rings (SSSR count). The van der Waals surface area contributed by atoms with Crippen molar-refractivity contribution in [1.82, 2.24) is 5.32 Å². The smallest absolute Gasteiger partial charge is 0.270 e. The monoisotopic (exact) mass is 272 g/mol. The maximum absolute atomic E-state index is 11.8. The molecule has 0 spiro atoms. The Morgan fingerprint density at radius 1 is 1.61 bits per heavy atom. The molecule has 0 bridgehead atoms. The van der Waals surface area contributed by atoms with Gasteiger partial charge in [-0.3, -0.25) is 14.9 Å². The molecule has 0 aliphatic carbocycles. The lowest BCUT2D eigenvalue weighted by Crippen LogP contribution is -2.31. The predicted molar refractivity (Wildman–Crippen MR) is 66.9 cm³/mol. The highest BCUT2D eigenvalue weighted by molar-refractivity contribution is 6.33. The quantitative estimate of drug-likeness (QED) is 0.657. The van der Waals surface area contributed by atoms with E-state index in [0.29, 0.717) is 6.54 Å². The zero-order chi connectivity index (χ0) is 13.7. The zero-order valence-corrected chi connectivity index (χ0v) is 10.7. The van der Waals surface area contributed by atoms with Crippen LogP contribution in [0.1, 0.15) is 17.3 Å². The summed E-state index contributed by atoms with van der Waals surface area (Å²) in [5.74, 6) is -0.465. The van der Waals surface area contributed by atoms with E-state index in [1.54, 1.807) is 6.92 Å². The number of ether oxygens (including phenoxy) is 1. The van der Waals surface area contributed by atoms with E-state index in [0.717, 1.165) is 6.07 Å². The Labute approximate surface area is 109 Å². The minimum Gasteiger partial charge on any atom is -0.380 e. The van der Waals surface area contributed by atoms with E-state index in [9.17, 15) is 14.9 Å². The van der Waals surface area contributed by atoms with Crippen LogP contribution in [0.4, 0.5) is 5.69 Å². The summed E-state index contributed by atoms with van der Waals surface area (Å²) in [5, 5.41) is 13.4. The summed E-state index contributed by atoms with van der Waals surface area (Å²) in [7, 11) is 1.52. The standard InChI is InChI=1S/C11H13ClN2O4/c1-7(18-2)6-13-11(15)9-5-8(14(16)17)3-4-10(9)12/h3-5,7H,6H2,1-2H3,(H,13,15). The fourth-order valence-corrected chi connectivity index (χ4v) is 1.42. The van der Waals surface area contributed by atoms with Crippen LogP contribution >= 0.6 is 11.6 Å². The van der Waals surface area contributed by atoms with Crippen molar-refractivity contribution in [2.24, 2.45) is 0 Å². The average Bonchev–Trinajstić information content (AvgIpc) is 2.35. The number of nitro groups is 1. The van der Waals surface area contributed by atoms with Crippen molar-refractivity contribution in [3.8, 4) is 0 Å². The van der Waals surface area contributed by atoms with Crippen molar-refractivity contribution >= 4 is 23.2 Å². The maximum atomic E-state index is 11.8. The van der Waals surface area contributed by atoms with Crippen LogP contribution in [0.3, 0.4) is 0 Å². The number of nitro benzene ring substituents is 1. The van der Waals surface area contributed by atoms with Gasteiger partial charge in [-0.2, -0.15) is 0 Å². The second kappa shape index (κ2) is 6.32. The second-order valence-corrected chi connectivity index (χ2v) is 4.08. The number of rotatable bonds is 5. The lowest BCUT2D eigenvalue weighted by atomic mass is 10.2. The number of amides is 1. The first kappa shape index (κ1) is 14.4. The molecule has 18 heavy (non-hydrogen) atoms. The lowest BCUT2D eigenvalue weighted by Gasteiger charge is -2.11. The Morgan fingerprint density at radius 3 is 2.83 bits per heavy atom. The molecule has 0 fully saturated rings. The summed E-state index contributed by atoms with van der Waals surface area (Å²) in [6.45, 7) is 2.09. The van der Waals surface area contributed by atoms with E-state index >= 15 is 0 Å². The Morgan fingerprint density at radius 2 is 2.28 bits per heavy atom. The van der Waals surface area contributed by atoms with Crippen LogP contribution in [0.25, 0.3) is 0 Å². The average molecular weight is 273 g/mol. The number of benzene rings is 1. The highest BCUT2D eigenvalue weighted by atomic mass is 35.5. The Bertz CT molecular complexity index is 464. The van der Waals surface area contributed by atoms with Crippen LogP contribution in [-0.2, 0) is 4.74 Å². The van der Waals surface area contributed by atoms with Gasteiger partial charge < -0.3 is 10.1 Å². The van der Waals surface area contributed by atoms with Crippen molar-refractivity contribution in [2.45, 2.75) is 13.0 Å². The van der Waals surface area contributed by atoms with Crippen LogP contribution in [0.5, 0.6) is 0 Å². The third kappa shape index (κ3) is 3.68. The lowest BCUT2D eigenvalue weighted by molar-refractivity contribution is -0.384. The number of nitrogens with one attached hydrogen (secondary N) is 1. The zero-order valence-electron chi connectivity index (χ0n) is 9.97. The summed E-state index contributed by atoms with van der Waals surface area (Å²) >= 11 is 5.83. The van der Waals surface area contributed by atoms with Gasteiger partial charge in [-0.05, 0) is 13.0 Å². The molecular formula is C11H13ClN2O4. The first-order valence-corrected chi connectivity index (χ1v) is 5.58. The molecule has 0 radical (unpaired) electrons. The summed E-state index contributed by atoms with van der Waals surface area (Å²) in [4.78, 5) is 21.8. The van der Waals surface area contributed by atoms with E-state index in [2.05, 4.69) is 5.32 Å². The molecule has 1 unspecified atom stereocenters. The highest BCUT2D eigenvalue weighted by Crippen LogP contribution is 2.21. The second-order valence-electron chi connectivity index (χ2n) is 3.68. The number of carbonyl (C=O) groups excluding carboxylic acids is 1. The number of hydrogen-bond donors (Lipinski definition) is 1. The van der Waals surface area contributed by atoms with Gasteiger partial charge in [-0.1, -0.05) is 11.6 Å². The van der Waals surface area contributed by atoms with E-state index in [1.807, 2.05) is 0 Å². The van der Waals surface area contributed by atoms with Gasteiger partial charge in [0.15, 0.2) is 0 Å². The van der Waals surface area contributed by atoms with Gasteiger partial charge in [0, 0.05) is 25.8 Å². The largest absolute Gasteiger partial charge is 0.380 e. The van der Waals surface area contributed by atoms with Gasteiger partial charge in [-0.25, -0.2) is 0 Å².